The average molecular weight is 394 g/mol. The van der Waals surface area contributed by atoms with Gasteiger partial charge in [-0.05, 0) is 0 Å². The SMILES string of the molecule is CC(=O)O[C@@H]1[C@H](OC(C)=O)[C@@H](OC(C)=O)CO[C@@H]1n1cnc2c(=O)[nH]cnc21. The molecule has 0 amide bonds. The molecule has 0 aromatic carbocycles. The van der Waals surface area contributed by atoms with Gasteiger partial charge in [0.25, 0.3) is 5.56 Å². The van der Waals surface area contributed by atoms with Gasteiger partial charge in [-0.25, -0.2) is 9.97 Å². The third kappa shape index (κ3) is 3.86. The molecule has 0 unspecified atom stereocenters. The smallest absolute Gasteiger partial charge is 0.303 e. The molecule has 0 spiro atoms. The second kappa shape index (κ2) is 7.76. The zero-order chi connectivity index (χ0) is 20.4. The number of fused-ring (bicyclic) bond motifs is 1. The summed E-state index contributed by atoms with van der Waals surface area (Å²) in [7, 11) is 0. The number of hydrogen-bond donors (Lipinski definition) is 1. The number of rotatable bonds is 4. The van der Waals surface area contributed by atoms with Crippen molar-refractivity contribution < 1.29 is 33.3 Å². The molecule has 2 aromatic heterocycles. The first-order valence-electron chi connectivity index (χ1n) is 8.31. The Labute approximate surface area is 157 Å². The Morgan fingerprint density at radius 1 is 1.07 bits per heavy atom. The molecule has 2 aromatic rings. The molecule has 1 aliphatic rings. The van der Waals surface area contributed by atoms with E-state index >= 15 is 0 Å². The highest BCUT2D eigenvalue weighted by Gasteiger charge is 2.48. The van der Waals surface area contributed by atoms with Crippen LogP contribution in [-0.4, -0.2) is 62.3 Å². The molecule has 1 saturated heterocycles. The van der Waals surface area contributed by atoms with Crippen molar-refractivity contribution in [3.63, 3.8) is 0 Å². The van der Waals surface area contributed by atoms with Crippen LogP contribution < -0.4 is 5.56 Å². The minimum Gasteiger partial charge on any atom is -0.456 e. The summed E-state index contributed by atoms with van der Waals surface area (Å²) < 4.78 is 22.9. The van der Waals surface area contributed by atoms with Crippen LogP contribution in [-0.2, 0) is 33.3 Å². The third-order valence-electron chi connectivity index (χ3n) is 3.96. The number of ether oxygens (including phenoxy) is 4. The van der Waals surface area contributed by atoms with Crippen LogP contribution in [0.15, 0.2) is 17.4 Å². The highest BCUT2D eigenvalue weighted by molar-refractivity contribution is 5.70. The van der Waals surface area contributed by atoms with Gasteiger partial charge < -0.3 is 23.9 Å². The van der Waals surface area contributed by atoms with Crippen LogP contribution in [0.5, 0.6) is 0 Å². The zero-order valence-corrected chi connectivity index (χ0v) is 15.3. The summed E-state index contributed by atoms with van der Waals surface area (Å²) in [4.78, 5) is 57.1. The predicted octanol–water partition coefficient (Wildman–Crippen LogP) is -0.556. The number of carbonyl (C=O) groups is 3. The van der Waals surface area contributed by atoms with E-state index in [1.165, 1.54) is 38.0 Å². The molecule has 3 rings (SSSR count). The summed E-state index contributed by atoms with van der Waals surface area (Å²) in [5, 5.41) is 0. The van der Waals surface area contributed by atoms with Gasteiger partial charge in [0.1, 0.15) is 0 Å². The van der Waals surface area contributed by atoms with E-state index < -0.39 is 48.0 Å². The molecule has 150 valence electrons. The van der Waals surface area contributed by atoms with E-state index in [0.717, 1.165) is 0 Å². The summed E-state index contributed by atoms with van der Waals surface area (Å²) >= 11 is 0. The number of nitrogens with zero attached hydrogens (tertiary/aromatic N) is 3. The highest BCUT2D eigenvalue weighted by atomic mass is 16.6. The first-order valence-corrected chi connectivity index (χ1v) is 8.31. The molecule has 4 atom stereocenters. The largest absolute Gasteiger partial charge is 0.456 e. The third-order valence-corrected chi connectivity index (χ3v) is 3.96. The quantitative estimate of drug-likeness (QED) is 0.528. The van der Waals surface area contributed by atoms with E-state index in [9.17, 15) is 19.2 Å². The molecular formula is C16H18N4O8. The van der Waals surface area contributed by atoms with Crippen molar-refractivity contribution in [1.29, 1.82) is 0 Å². The van der Waals surface area contributed by atoms with Crippen LogP contribution in [0.4, 0.5) is 0 Å². The van der Waals surface area contributed by atoms with Crippen molar-refractivity contribution in [2.75, 3.05) is 6.61 Å². The predicted molar refractivity (Wildman–Crippen MR) is 89.8 cm³/mol. The number of esters is 3. The maximum atomic E-state index is 11.9. The van der Waals surface area contributed by atoms with Gasteiger partial charge in [0.15, 0.2) is 35.7 Å². The van der Waals surface area contributed by atoms with E-state index in [1.807, 2.05) is 0 Å². The standard InChI is InChI=1S/C16H18N4O8/c1-7(21)26-10-4-25-16(13(28-9(3)23)12(10)27-8(2)22)20-6-19-11-14(20)17-5-18-15(11)24/h5-6,10,12-13,16H,4H2,1-3H3,(H,17,18,24)/t10-,12+,13+,16-/m0/s1. The van der Waals surface area contributed by atoms with Gasteiger partial charge in [0.2, 0.25) is 0 Å². The van der Waals surface area contributed by atoms with E-state index in [4.69, 9.17) is 18.9 Å². The molecule has 1 fully saturated rings. The number of imidazole rings is 1. The van der Waals surface area contributed by atoms with Crippen molar-refractivity contribution in [2.45, 2.75) is 45.3 Å². The Morgan fingerprint density at radius 3 is 2.36 bits per heavy atom. The molecule has 12 nitrogen and oxygen atoms in total. The summed E-state index contributed by atoms with van der Waals surface area (Å²) in [6.07, 6.45) is -1.85. The van der Waals surface area contributed by atoms with Gasteiger partial charge in [-0.15, -0.1) is 0 Å². The summed E-state index contributed by atoms with van der Waals surface area (Å²) in [6, 6.07) is 0. The zero-order valence-electron chi connectivity index (χ0n) is 15.3. The van der Waals surface area contributed by atoms with Crippen molar-refractivity contribution in [2.24, 2.45) is 0 Å². The van der Waals surface area contributed by atoms with Crippen LogP contribution in [0.25, 0.3) is 11.2 Å². The maximum absolute atomic E-state index is 11.9. The molecular weight excluding hydrogens is 376 g/mol. The minimum absolute atomic E-state index is 0.0545. The lowest BCUT2D eigenvalue weighted by Gasteiger charge is -2.40. The number of aromatic amines is 1. The van der Waals surface area contributed by atoms with E-state index in [-0.39, 0.29) is 17.8 Å². The Kier molecular flexibility index (Phi) is 5.40. The number of H-pyrrole nitrogens is 1. The maximum Gasteiger partial charge on any atom is 0.303 e. The van der Waals surface area contributed by atoms with Crippen LogP contribution in [0, 0.1) is 0 Å². The molecule has 0 aliphatic carbocycles. The Hall–Kier alpha value is -3.28. The lowest BCUT2D eigenvalue weighted by molar-refractivity contribution is -0.239. The number of hydrogen-bond acceptors (Lipinski definition) is 10. The lowest BCUT2D eigenvalue weighted by Crippen LogP contribution is -2.55. The van der Waals surface area contributed by atoms with Crippen LogP contribution in [0.2, 0.25) is 0 Å². The van der Waals surface area contributed by atoms with Crippen LogP contribution in [0.3, 0.4) is 0 Å². The molecule has 1 aliphatic heterocycles. The summed E-state index contributed by atoms with van der Waals surface area (Å²) in [5.74, 6) is -1.95. The number of aromatic nitrogens is 4. The second-order valence-corrected chi connectivity index (χ2v) is 6.08. The van der Waals surface area contributed by atoms with E-state index in [1.54, 1.807) is 0 Å². The van der Waals surface area contributed by atoms with Gasteiger partial charge in [0, 0.05) is 20.8 Å². The summed E-state index contributed by atoms with van der Waals surface area (Å²) in [5.41, 5.74) is -0.227. The van der Waals surface area contributed by atoms with Gasteiger partial charge in [-0.3, -0.25) is 23.7 Å². The lowest BCUT2D eigenvalue weighted by atomic mass is 10.0. The number of carbonyl (C=O) groups excluding carboxylic acids is 3. The van der Waals surface area contributed by atoms with Gasteiger partial charge in [-0.2, -0.15) is 0 Å². The van der Waals surface area contributed by atoms with Gasteiger partial charge in [0.05, 0.1) is 19.3 Å². The topological polar surface area (TPSA) is 152 Å². The monoisotopic (exact) mass is 394 g/mol. The normalized spacial score (nSPS) is 24.5. The molecule has 12 heteroatoms. The first-order chi connectivity index (χ1) is 13.3. The fourth-order valence-electron chi connectivity index (χ4n) is 3.01. The molecule has 0 bridgehead atoms. The Balaban J connectivity index is 2.05. The van der Waals surface area contributed by atoms with Crippen molar-refractivity contribution in [3.05, 3.63) is 23.0 Å². The van der Waals surface area contributed by atoms with Crippen molar-refractivity contribution in [3.8, 4) is 0 Å². The fourth-order valence-corrected chi connectivity index (χ4v) is 3.01. The van der Waals surface area contributed by atoms with Gasteiger partial charge in [-0.1, -0.05) is 0 Å². The van der Waals surface area contributed by atoms with Crippen molar-refractivity contribution >= 4 is 29.1 Å². The first kappa shape index (κ1) is 19.5. The summed E-state index contributed by atoms with van der Waals surface area (Å²) in [6.45, 7) is 3.39. The van der Waals surface area contributed by atoms with Crippen molar-refractivity contribution in [1.82, 2.24) is 19.5 Å². The van der Waals surface area contributed by atoms with E-state index in [2.05, 4.69) is 15.0 Å². The van der Waals surface area contributed by atoms with Crippen LogP contribution >= 0.6 is 0 Å². The fraction of sp³-hybridized carbons (Fsp3) is 0.500. The highest BCUT2D eigenvalue weighted by Crippen LogP contribution is 2.32. The molecule has 3 heterocycles. The Morgan fingerprint density at radius 2 is 1.71 bits per heavy atom. The van der Waals surface area contributed by atoms with Crippen LogP contribution in [0.1, 0.15) is 27.0 Å². The van der Waals surface area contributed by atoms with Gasteiger partial charge >= 0.3 is 17.9 Å². The van der Waals surface area contributed by atoms with E-state index in [0.29, 0.717) is 0 Å². The second-order valence-electron chi connectivity index (χ2n) is 6.08. The Bertz CT molecular complexity index is 967. The molecule has 0 saturated carbocycles. The average Bonchev–Trinajstić information content (AvgIpc) is 3.02. The molecule has 0 radical (unpaired) electrons. The minimum atomic E-state index is -1.18. The molecule has 28 heavy (non-hydrogen) atoms. The molecule has 1 N–H and O–H groups in total. The number of nitrogens with one attached hydrogen (secondary N) is 1.